The number of H-pyrrole nitrogens is 1. The molecule has 0 aliphatic carbocycles. The molecule has 0 atom stereocenters. The van der Waals surface area contributed by atoms with Gasteiger partial charge in [0.2, 0.25) is 0 Å². The van der Waals surface area contributed by atoms with Gasteiger partial charge in [-0.05, 0) is 39.6 Å². The number of nitrogens with one attached hydrogen (secondary N) is 1. The van der Waals surface area contributed by atoms with E-state index in [1.165, 1.54) is 5.56 Å². The molecule has 0 fully saturated rings. The van der Waals surface area contributed by atoms with Crippen LogP contribution in [0.3, 0.4) is 0 Å². The topological polar surface area (TPSA) is 98.1 Å². The normalized spacial score (nSPS) is 11.7. The molecule has 0 aliphatic rings. The number of benzene rings is 1. The third-order valence-corrected chi connectivity index (χ3v) is 4.90. The molecule has 0 aliphatic heterocycles. The van der Waals surface area contributed by atoms with Crippen LogP contribution in [0, 0.1) is 0 Å². The average Bonchev–Trinajstić information content (AvgIpc) is 3.39. The molecule has 4 aromatic rings. The zero-order chi connectivity index (χ0) is 21.1. The lowest BCUT2D eigenvalue weighted by molar-refractivity contribution is 0.518. The minimum Gasteiger partial charge on any atom is -0.264 e. The van der Waals surface area contributed by atoms with Gasteiger partial charge in [-0.3, -0.25) is 4.98 Å². The maximum atomic E-state index is 4.84. The molecule has 1 N–H and O–H groups in total. The van der Waals surface area contributed by atoms with Crippen LogP contribution in [0.5, 0.6) is 0 Å². The Bertz CT molecular complexity index is 1110. The average molecular weight is 403 g/mol. The summed E-state index contributed by atoms with van der Waals surface area (Å²) in [5, 5.41) is 18.9. The number of nitrogens with zero attached hydrogens (tertiary/aromatic N) is 7. The van der Waals surface area contributed by atoms with Crippen LogP contribution in [0.25, 0.3) is 22.5 Å². The first-order valence-electron chi connectivity index (χ1n) is 10.2. The fraction of sp³-hybridized carbons (Fsp3) is 0.364. The summed E-state index contributed by atoms with van der Waals surface area (Å²) in [6.45, 7) is 9.48. The summed E-state index contributed by atoms with van der Waals surface area (Å²) in [4.78, 5) is 9.06. The highest BCUT2D eigenvalue weighted by molar-refractivity contribution is 5.79. The van der Waals surface area contributed by atoms with Crippen LogP contribution in [-0.4, -0.2) is 40.4 Å². The number of rotatable bonds is 6. The van der Waals surface area contributed by atoms with Gasteiger partial charge in [0.25, 0.3) is 0 Å². The van der Waals surface area contributed by atoms with Gasteiger partial charge in [-0.1, -0.05) is 52.0 Å². The van der Waals surface area contributed by atoms with E-state index >= 15 is 0 Å². The molecular weight excluding hydrogens is 376 g/mol. The van der Waals surface area contributed by atoms with Crippen molar-refractivity contribution in [3.8, 4) is 22.5 Å². The first-order valence-corrected chi connectivity index (χ1v) is 10.2. The number of aryl methyl sites for hydroxylation is 1. The van der Waals surface area contributed by atoms with Gasteiger partial charge < -0.3 is 0 Å². The van der Waals surface area contributed by atoms with Crippen LogP contribution < -0.4 is 0 Å². The number of aromatic nitrogens is 8. The van der Waals surface area contributed by atoms with E-state index in [4.69, 9.17) is 10.1 Å². The Morgan fingerprint density at radius 3 is 2.50 bits per heavy atom. The van der Waals surface area contributed by atoms with Crippen molar-refractivity contribution in [1.29, 1.82) is 0 Å². The van der Waals surface area contributed by atoms with Gasteiger partial charge in [-0.25, -0.2) is 14.8 Å². The fourth-order valence-electron chi connectivity index (χ4n) is 3.31. The van der Waals surface area contributed by atoms with Gasteiger partial charge in [0, 0.05) is 36.3 Å². The minimum absolute atomic E-state index is 0.0646. The van der Waals surface area contributed by atoms with Crippen molar-refractivity contribution in [2.24, 2.45) is 0 Å². The van der Waals surface area contributed by atoms with Gasteiger partial charge in [0.15, 0.2) is 11.6 Å². The van der Waals surface area contributed by atoms with Crippen LogP contribution in [-0.2, 0) is 18.4 Å². The number of pyridine rings is 1. The molecule has 0 bridgehead atoms. The Labute approximate surface area is 175 Å². The smallest absolute Gasteiger partial charge is 0.181 e. The first-order chi connectivity index (χ1) is 14.5. The summed E-state index contributed by atoms with van der Waals surface area (Å²) < 4.78 is 2.05. The quantitative estimate of drug-likeness (QED) is 0.526. The summed E-state index contributed by atoms with van der Waals surface area (Å²) in [6.07, 6.45) is 5.32. The van der Waals surface area contributed by atoms with Gasteiger partial charge in [0.1, 0.15) is 5.82 Å². The summed E-state index contributed by atoms with van der Waals surface area (Å²) in [7, 11) is 0. The van der Waals surface area contributed by atoms with Gasteiger partial charge in [0.05, 0.1) is 0 Å². The van der Waals surface area contributed by atoms with E-state index in [1.807, 2.05) is 10.7 Å². The maximum absolute atomic E-state index is 4.84. The second kappa shape index (κ2) is 8.14. The van der Waals surface area contributed by atoms with Crippen LogP contribution in [0.15, 0.2) is 42.7 Å². The molecule has 0 radical (unpaired) electrons. The second-order valence-corrected chi connectivity index (χ2v) is 8.37. The standard InChI is InChI=1S/C22H26N8/c1-5-12-30-19(24-21(27-30)22(2,3)4)13-15-6-8-16(9-7-15)17-10-11-23-14-18(17)20-25-28-29-26-20/h6-11,14H,5,12-13H2,1-4H3,(H,25,26,28,29). The van der Waals surface area contributed by atoms with E-state index in [1.54, 1.807) is 12.4 Å². The zero-order valence-corrected chi connectivity index (χ0v) is 17.8. The number of tetrazole rings is 1. The molecular formula is C22H26N8. The molecule has 154 valence electrons. The lowest BCUT2D eigenvalue weighted by atomic mass is 9.96. The minimum atomic E-state index is -0.0646. The van der Waals surface area contributed by atoms with E-state index in [0.717, 1.165) is 47.7 Å². The molecule has 0 unspecified atom stereocenters. The van der Waals surface area contributed by atoms with Crippen molar-refractivity contribution in [1.82, 2.24) is 40.4 Å². The number of aromatic amines is 1. The summed E-state index contributed by atoms with van der Waals surface area (Å²) >= 11 is 0. The predicted octanol–water partition coefficient (Wildman–Crippen LogP) is 3.82. The molecule has 3 heterocycles. The summed E-state index contributed by atoms with van der Waals surface area (Å²) in [5.74, 6) is 2.50. The summed E-state index contributed by atoms with van der Waals surface area (Å²) in [6, 6.07) is 10.5. The monoisotopic (exact) mass is 402 g/mol. The van der Waals surface area contributed by atoms with Crippen molar-refractivity contribution >= 4 is 0 Å². The lowest BCUT2D eigenvalue weighted by Gasteiger charge is -2.12. The van der Waals surface area contributed by atoms with Crippen molar-refractivity contribution in [3.05, 3.63) is 59.9 Å². The Morgan fingerprint density at radius 2 is 1.83 bits per heavy atom. The highest BCUT2D eigenvalue weighted by atomic mass is 15.5. The molecule has 4 rings (SSSR count). The Kier molecular flexibility index (Phi) is 5.39. The molecule has 0 spiro atoms. The molecule has 0 amide bonds. The largest absolute Gasteiger partial charge is 0.264 e. The van der Waals surface area contributed by atoms with E-state index in [9.17, 15) is 0 Å². The second-order valence-electron chi connectivity index (χ2n) is 8.37. The molecule has 0 saturated heterocycles. The molecule has 1 aromatic carbocycles. The van der Waals surface area contributed by atoms with Crippen LogP contribution in [0.4, 0.5) is 0 Å². The van der Waals surface area contributed by atoms with E-state index in [2.05, 4.69) is 77.6 Å². The highest BCUT2D eigenvalue weighted by Gasteiger charge is 2.21. The van der Waals surface area contributed by atoms with Crippen LogP contribution >= 0.6 is 0 Å². The third kappa shape index (κ3) is 4.12. The molecule has 3 aromatic heterocycles. The fourth-order valence-corrected chi connectivity index (χ4v) is 3.31. The maximum Gasteiger partial charge on any atom is 0.181 e. The van der Waals surface area contributed by atoms with Crippen LogP contribution in [0.2, 0.25) is 0 Å². The highest BCUT2D eigenvalue weighted by Crippen LogP contribution is 2.29. The number of hydrogen-bond acceptors (Lipinski definition) is 6. The van der Waals surface area contributed by atoms with Crippen molar-refractivity contribution in [2.45, 2.75) is 52.5 Å². The molecule has 30 heavy (non-hydrogen) atoms. The van der Waals surface area contributed by atoms with Gasteiger partial charge in [-0.15, -0.1) is 5.10 Å². The molecule has 0 saturated carbocycles. The van der Waals surface area contributed by atoms with Crippen LogP contribution in [0.1, 0.15) is 51.3 Å². The van der Waals surface area contributed by atoms with Crippen molar-refractivity contribution < 1.29 is 0 Å². The molecule has 8 heteroatoms. The van der Waals surface area contributed by atoms with Gasteiger partial charge >= 0.3 is 0 Å². The first kappa shape index (κ1) is 19.9. The summed E-state index contributed by atoms with van der Waals surface area (Å²) in [5.41, 5.74) is 4.11. The Balaban J connectivity index is 1.61. The Hall–Kier alpha value is -3.42. The van der Waals surface area contributed by atoms with Crippen molar-refractivity contribution in [2.75, 3.05) is 0 Å². The van der Waals surface area contributed by atoms with E-state index in [-0.39, 0.29) is 5.41 Å². The molecule has 8 nitrogen and oxygen atoms in total. The third-order valence-electron chi connectivity index (χ3n) is 4.90. The van der Waals surface area contributed by atoms with E-state index in [0.29, 0.717) is 5.82 Å². The van der Waals surface area contributed by atoms with E-state index < -0.39 is 0 Å². The van der Waals surface area contributed by atoms with Gasteiger partial charge in [-0.2, -0.15) is 5.10 Å². The zero-order valence-electron chi connectivity index (χ0n) is 17.8. The Morgan fingerprint density at radius 1 is 1.03 bits per heavy atom. The SMILES string of the molecule is CCCn1nc(C(C)(C)C)nc1Cc1ccc(-c2ccncc2-c2nnn[nH]2)cc1. The number of hydrogen-bond donors (Lipinski definition) is 1. The van der Waals surface area contributed by atoms with Crippen molar-refractivity contribution in [3.63, 3.8) is 0 Å². The predicted molar refractivity (Wildman–Crippen MR) is 115 cm³/mol. The lowest BCUT2D eigenvalue weighted by Crippen LogP contribution is -2.14.